The van der Waals surface area contributed by atoms with E-state index >= 15 is 0 Å². The summed E-state index contributed by atoms with van der Waals surface area (Å²) in [6, 6.07) is 4.90. The van der Waals surface area contributed by atoms with Gasteiger partial charge in [0.1, 0.15) is 5.52 Å². The third-order valence-corrected chi connectivity index (χ3v) is 8.17. The lowest BCUT2D eigenvalue weighted by molar-refractivity contribution is -0.119. The van der Waals surface area contributed by atoms with Gasteiger partial charge in [0.05, 0.1) is 10.6 Å². The van der Waals surface area contributed by atoms with Crippen LogP contribution in [0.25, 0.3) is 11.1 Å². The van der Waals surface area contributed by atoms with Crippen LogP contribution < -0.4 is 5.32 Å². The van der Waals surface area contributed by atoms with Crippen molar-refractivity contribution >= 4 is 38.8 Å². The number of carbonyl (C=O) groups excluding carboxylic acids is 1. The number of thioether (sulfide) groups is 1. The molecule has 0 unspecified atom stereocenters. The molecule has 1 N–H and O–H groups in total. The molecule has 9 heteroatoms. The molecule has 1 fully saturated rings. The molecule has 1 aromatic carbocycles. The van der Waals surface area contributed by atoms with Gasteiger partial charge in [0.2, 0.25) is 15.9 Å². The lowest BCUT2D eigenvalue weighted by Gasteiger charge is -2.25. The molecule has 7 nitrogen and oxygen atoms in total. The van der Waals surface area contributed by atoms with E-state index in [4.69, 9.17) is 4.42 Å². The molecule has 1 atom stereocenters. The number of piperidine rings is 1. The van der Waals surface area contributed by atoms with Crippen molar-refractivity contribution in [2.45, 2.75) is 75.5 Å². The smallest absolute Gasteiger partial charge is 0.257 e. The number of benzene rings is 1. The van der Waals surface area contributed by atoms with Crippen LogP contribution in [0.4, 0.5) is 0 Å². The van der Waals surface area contributed by atoms with Gasteiger partial charge in [-0.2, -0.15) is 4.31 Å². The van der Waals surface area contributed by atoms with Crippen LogP contribution >= 0.6 is 11.8 Å². The quantitative estimate of drug-likeness (QED) is 0.520. The van der Waals surface area contributed by atoms with Gasteiger partial charge >= 0.3 is 0 Å². The number of nitrogens with zero attached hydrogens (tertiary/aromatic N) is 2. The Kier molecular flexibility index (Phi) is 8.41. The first kappa shape index (κ1) is 24.1. The van der Waals surface area contributed by atoms with Crippen molar-refractivity contribution in [2.75, 3.05) is 18.8 Å². The molecule has 1 aliphatic heterocycles. The number of aromatic nitrogens is 1. The second-order valence-corrected chi connectivity index (χ2v) is 11.5. The Bertz CT molecular complexity index is 982. The number of nitrogens with one attached hydrogen (secondary N) is 1. The number of sulfonamides is 1. The van der Waals surface area contributed by atoms with Crippen LogP contribution in [0.3, 0.4) is 0 Å². The predicted octanol–water partition coefficient (Wildman–Crippen LogP) is 4.43. The zero-order valence-electron chi connectivity index (χ0n) is 18.6. The maximum Gasteiger partial charge on any atom is 0.257 e. The molecule has 0 aliphatic carbocycles. The van der Waals surface area contributed by atoms with Crippen LogP contribution in [0.5, 0.6) is 0 Å². The normalized spacial score (nSPS) is 16.6. The van der Waals surface area contributed by atoms with Gasteiger partial charge < -0.3 is 9.73 Å². The minimum absolute atomic E-state index is 0.0577. The molecule has 0 spiro atoms. The predicted molar refractivity (Wildman–Crippen MR) is 124 cm³/mol. The summed E-state index contributed by atoms with van der Waals surface area (Å²) in [4.78, 5) is 16.8. The maximum atomic E-state index is 12.9. The molecule has 1 saturated heterocycles. The average molecular weight is 468 g/mol. The van der Waals surface area contributed by atoms with Gasteiger partial charge in [0.25, 0.3) is 5.22 Å². The highest BCUT2D eigenvalue weighted by Crippen LogP contribution is 2.27. The summed E-state index contributed by atoms with van der Waals surface area (Å²) < 4.78 is 33.0. The second kappa shape index (κ2) is 10.8. The molecular formula is C22H33N3O4S2. The number of hydrogen-bond acceptors (Lipinski definition) is 6. The van der Waals surface area contributed by atoms with Crippen molar-refractivity contribution in [3.63, 3.8) is 0 Å². The van der Waals surface area contributed by atoms with E-state index in [9.17, 15) is 13.2 Å². The van der Waals surface area contributed by atoms with Gasteiger partial charge in [0.15, 0.2) is 5.58 Å². The third kappa shape index (κ3) is 6.70. The van der Waals surface area contributed by atoms with Gasteiger partial charge in [-0.05, 0) is 50.3 Å². The van der Waals surface area contributed by atoms with E-state index in [2.05, 4.69) is 24.1 Å². The molecular weight excluding hydrogens is 434 g/mol. The Morgan fingerprint density at radius 2 is 1.94 bits per heavy atom. The zero-order chi connectivity index (χ0) is 22.4. The monoisotopic (exact) mass is 467 g/mol. The number of fused-ring (bicyclic) bond motifs is 1. The summed E-state index contributed by atoms with van der Waals surface area (Å²) >= 11 is 1.22. The van der Waals surface area contributed by atoms with Crippen molar-refractivity contribution in [1.82, 2.24) is 14.6 Å². The average Bonchev–Trinajstić information content (AvgIpc) is 3.15. The molecule has 2 heterocycles. The Balaban J connectivity index is 1.57. The number of hydrogen-bond donors (Lipinski definition) is 1. The first-order valence-corrected chi connectivity index (χ1v) is 13.5. The van der Waals surface area contributed by atoms with Gasteiger partial charge in [-0.1, -0.05) is 44.9 Å². The standard InChI is InChI=1S/C22H33N3O4S2/c1-16(2)8-7-9-17(3)23-21(26)15-30-22-24-19-14-18(10-11-20(19)29-22)31(27,28)25-12-5-4-6-13-25/h10-11,14,16-17H,4-9,12-13,15H2,1-3H3,(H,23,26)/t17-/m0/s1. The maximum absolute atomic E-state index is 12.9. The number of oxazole rings is 1. The molecule has 0 radical (unpaired) electrons. The van der Waals surface area contributed by atoms with E-state index < -0.39 is 10.0 Å². The highest BCUT2D eigenvalue weighted by atomic mass is 32.2. The fourth-order valence-corrected chi connectivity index (χ4v) is 5.90. The van der Waals surface area contributed by atoms with Crippen molar-refractivity contribution < 1.29 is 17.6 Å². The van der Waals surface area contributed by atoms with E-state index in [-0.39, 0.29) is 22.6 Å². The molecule has 1 amide bonds. The van der Waals surface area contributed by atoms with E-state index in [0.717, 1.165) is 38.5 Å². The molecule has 31 heavy (non-hydrogen) atoms. The minimum atomic E-state index is -3.52. The van der Waals surface area contributed by atoms with Crippen molar-refractivity contribution in [2.24, 2.45) is 5.92 Å². The van der Waals surface area contributed by atoms with Gasteiger partial charge in [-0.3, -0.25) is 4.79 Å². The Hall–Kier alpha value is -1.58. The number of amides is 1. The topological polar surface area (TPSA) is 92.5 Å². The van der Waals surface area contributed by atoms with Crippen molar-refractivity contribution in [3.8, 4) is 0 Å². The molecule has 3 rings (SSSR count). The molecule has 1 aromatic heterocycles. The van der Waals surface area contributed by atoms with Crippen LogP contribution in [-0.2, 0) is 14.8 Å². The highest BCUT2D eigenvalue weighted by molar-refractivity contribution is 7.99. The van der Waals surface area contributed by atoms with Gasteiger partial charge in [-0.15, -0.1) is 0 Å². The summed E-state index contributed by atoms with van der Waals surface area (Å²) in [5.74, 6) is 0.825. The first-order valence-electron chi connectivity index (χ1n) is 11.1. The van der Waals surface area contributed by atoms with E-state index in [1.54, 1.807) is 22.5 Å². The van der Waals surface area contributed by atoms with Crippen LogP contribution in [0, 0.1) is 5.92 Å². The SMILES string of the molecule is CC(C)CCC[C@H](C)NC(=O)CSc1nc2cc(S(=O)(=O)N3CCCCC3)ccc2o1. The van der Waals surface area contributed by atoms with Crippen LogP contribution in [0.2, 0.25) is 0 Å². The molecule has 0 saturated carbocycles. The molecule has 2 aromatic rings. The summed E-state index contributed by atoms with van der Waals surface area (Å²) in [5, 5.41) is 3.37. The summed E-state index contributed by atoms with van der Waals surface area (Å²) in [6.07, 6.45) is 6.08. The van der Waals surface area contributed by atoms with Crippen LogP contribution in [0.15, 0.2) is 32.7 Å². The molecule has 0 bridgehead atoms. The fraction of sp³-hybridized carbons (Fsp3) is 0.636. The van der Waals surface area contributed by atoms with Crippen LogP contribution in [-0.4, -0.2) is 48.5 Å². The highest BCUT2D eigenvalue weighted by Gasteiger charge is 2.26. The van der Waals surface area contributed by atoms with Crippen molar-refractivity contribution in [3.05, 3.63) is 18.2 Å². The Morgan fingerprint density at radius 3 is 2.65 bits per heavy atom. The lowest BCUT2D eigenvalue weighted by atomic mass is 10.0. The lowest BCUT2D eigenvalue weighted by Crippen LogP contribution is -2.35. The summed E-state index contributed by atoms with van der Waals surface area (Å²) in [7, 11) is -3.52. The molecule has 172 valence electrons. The van der Waals surface area contributed by atoms with Gasteiger partial charge in [0, 0.05) is 19.1 Å². The number of carbonyl (C=O) groups is 1. The van der Waals surface area contributed by atoms with Crippen LogP contribution in [0.1, 0.15) is 59.3 Å². The summed E-state index contributed by atoms with van der Waals surface area (Å²) in [5.41, 5.74) is 1.01. The van der Waals surface area contributed by atoms with E-state index in [1.165, 1.54) is 11.8 Å². The zero-order valence-corrected chi connectivity index (χ0v) is 20.2. The second-order valence-electron chi connectivity index (χ2n) is 8.66. The molecule has 1 aliphatic rings. The first-order chi connectivity index (χ1) is 14.8. The Morgan fingerprint density at radius 1 is 1.19 bits per heavy atom. The Labute approximate surface area is 189 Å². The third-order valence-electron chi connectivity index (χ3n) is 5.44. The summed E-state index contributed by atoms with van der Waals surface area (Å²) in [6.45, 7) is 7.54. The fourth-order valence-electron chi connectivity index (χ4n) is 3.71. The van der Waals surface area contributed by atoms with E-state index in [1.807, 2.05) is 6.92 Å². The minimum Gasteiger partial charge on any atom is -0.431 e. The van der Waals surface area contributed by atoms with Gasteiger partial charge in [-0.25, -0.2) is 13.4 Å². The van der Waals surface area contributed by atoms with Crippen molar-refractivity contribution in [1.29, 1.82) is 0 Å². The van der Waals surface area contributed by atoms with E-state index in [0.29, 0.717) is 35.3 Å². The number of rotatable bonds is 10. The largest absolute Gasteiger partial charge is 0.431 e.